The van der Waals surface area contributed by atoms with Gasteiger partial charge in [-0.25, -0.2) is 0 Å². The molecule has 19 heavy (non-hydrogen) atoms. The van der Waals surface area contributed by atoms with Gasteiger partial charge in [0.25, 0.3) is 0 Å². The Bertz CT molecular complexity index is 263. The molecule has 7 heteroatoms. The predicted molar refractivity (Wildman–Crippen MR) is 71.9 cm³/mol. The van der Waals surface area contributed by atoms with Crippen LogP contribution in [0.5, 0.6) is 0 Å². The summed E-state index contributed by atoms with van der Waals surface area (Å²) in [5.41, 5.74) is 0. The summed E-state index contributed by atoms with van der Waals surface area (Å²) < 4.78 is 39.0. The molecule has 0 unspecified atom stereocenters. The molecule has 0 N–H and O–H groups in total. The Labute approximate surface area is 112 Å². The van der Waals surface area contributed by atoms with E-state index in [1.165, 1.54) is 32.2 Å². The summed E-state index contributed by atoms with van der Waals surface area (Å²) in [5, 5.41) is 0. The van der Waals surface area contributed by atoms with Crippen LogP contribution in [0, 0.1) is 0 Å². The van der Waals surface area contributed by atoms with Crippen molar-refractivity contribution in [2.75, 3.05) is 19.8 Å². The maximum atomic E-state index is 9.75. The van der Waals surface area contributed by atoms with Crippen molar-refractivity contribution in [3.63, 3.8) is 0 Å². The molecule has 0 aromatic carbocycles. The van der Waals surface area contributed by atoms with E-state index in [-0.39, 0.29) is 0 Å². The fourth-order valence-electron chi connectivity index (χ4n) is 1.69. The average Bonchev–Trinajstić information content (AvgIpc) is 2.71. The van der Waals surface area contributed by atoms with Gasteiger partial charge in [0, 0.05) is 25.5 Å². The molecular weight excluding hydrogens is 259 g/mol. The molecule has 0 saturated heterocycles. The first-order valence-corrected chi connectivity index (χ1v) is 6.51. The molecule has 0 aromatic rings. The highest BCUT2D eigenvalue weighted by Crippen LogP contribution is 2.08. The SMILES string of the molecule is C=CCN1C=CN(CCCCCC)C1.F[B-](F)(F)F. The molecule has 0 atom stereocenters. The lowest BCUT2D eigenvalue weighted by molar-refractivity contribution is 0.276. The smallest absolute Gasteiger partial charge is 0.418 e. The molecule has 0 saturated carbocycles. The van der Waals surface area contributed by atoms with Crippen molar-refractivity contribution in [3.8, 4) is 0 Å². The minimum absolute atomic E-state index is 0.960. The minimum Gasteiger partial charge on any atom is -0.418 e. The number of unbranched alkanes of at least 4 members (excludes halogenated alkanes) is 3. The summed E-state index contributed by atoms with van der Waals surface area (Å²) in [4.78, 5) is 4.64. The van der Waals surface area contributed by atoms with E-state index in [1.807, 2.05) is 6.08 Å². The highest BCUT2D eigenvalue weighted by molar-refractivity contribution is 6.50. The van der Waals surface area contributed by atoms with Gasteiger partial charge in [0.15, 0.2) is 0 Å². The number of hydrogen-bond acceptors (Lipinski definition) is 2. The maximum Gasteiger partial charge on any atom is 0.673 e. The normalized spacial score (nSPS) is 14.4. The standard InChI is InChI=1S/C12H22N2.BF4/c1-3-5-6-7-9-14-11-10-13(12-14)8-4-2;2-1(3,4)5/h4,10-11H,2-3,5-9,12H2,1H3;/q;-1. The second kappa shape index (κ2) is 9.75. The van der Waals surface area contributed by atoms with Gasteiger partial charge in [0.05, 0.1) is 6.67 Å². The van der Waals surface area contributed by atoms with Gasteiger partial charge in [-0.05, 0) is 6.42 Å². The first kappa shape index (κ1) is 17.9. The van der Waals surface area contributed by atoms with E-state index in [1.54, 1.807) is 0 Å². The third-order valence-electron chi connectivity index (χ3n) is 2.51. The van der Waals surface area contributed by atoms with Gasteiger partial charge < -0.3 is 27.1 Å². The summed E-state index contributed by atoms with van der Waals surface area (Å²) in [6.07, 6.45) is 11.7. The monoisotopic (exact) mass is 281 g/mol. The molecule has 112 valence electrons. The zero-order chi connectivity index (χ0) is 14.7. The lowest BCUT2D eigenvalue weighted by atomic mass is 10.2. The van der Waals surface area contributed by atoms with E-state index < -0.39 is 7.25 Å². The van der Waals surface area contributed by atoms with Crippen LogP contribution >= 0.6 is 0 Å². The quantitative estimate of drug-likeness (QED) is 0.300. The topological polar surface area (TPSA) is 6.48 Å². The number of halogens is 4. The van der Waals surface area contributed by atoms with E-state index >= 15 is 0 Å². The largest absolute Gasteiger partial charge is 0.673 e. The van der Waals surface area contributed by atoms with Crippen molar-refractivity contribution in [2.24, 2.45) is 0 Å². The highest BCUT2D eigenvalue weighted by atomic mass is 19.5. The van der Waals surface area contributed by atoms with Gasteiger partial charge in [-0.1, -0.05) is 32.3 Å². The van der Waals surface area contributed by atoms with Crippen molar-refractivity contribution in [3.05, 3.63) is 25.1 Å². The first-order valence-electron chi connectivity index (χ1n) is 6.51. The van der Waals surface area contributed by atoms with Gasteiger partial charge in [-0.3, -0.25) is 0 Å². The van der Waals surface area contributed by atoms with Crippen LogP contribution in [0.3, 0.4) is 0 Å². The fourth-order valence-corrected chi connectivity index (χ4v) is 1.69. The van der Waals surface area contributed by atoms with Gasteiger partial charge in [-0.2, -0.15) is 0 Å². The molecule has 0 bridgehead atoms. The summed E-state index contributed by atoms with van der Waals surface area (Å²) in [6.45, 7) is 9.19. The minimum atomic E-state index is -6.00. The van der Waals surface area contributed by atoms with Gasteiger partial charge in [0.2, 0.25) is 0 Å². The molecule has 1 rings (SSSR count). The van der Waals surface area contributed by atoms with Gasteiger partial charge in [-0.15, -0.1) is 6.58 Å². The second-order valence-electron chi connectivity index (χ2n) is 4.37. The van der Waals surface area contributed by atoms with Crippen LogP contribution in [0.1, 0.15) is 32.6 Å². The van der Waals surface area contributed by atoms with Gasteiger partial charge in [0.1, 0.15) is 0 Å². The summed E-state index contributed by atoms with van der Waals surface area (Å²) in [7, 11) is -6.00. The Balaban J connectivity index is 0.000000555. The summed E-state index contributed by atoms with van der Waals surface area (Å²) >= 11 is 0. The molecule has 2 nitrogen and oxygen atoms in total. The molecular formula is C12H22BF4N2-. The Morgan fingerprint density at radius 3 is 2.21 bits per heavy atom. The van der Waals surface area contributed by atoms with E-state index in [4.69, 9.17) is 0 Å². The first-order chi connectivity index (χ1) is 8.86. The number of rotatable bonds is 7. The maximum absolute atomic E-state index is 9.75. The molecule has 0 radical (unpaired) electrons. The lowest BCUT2D eigenvalue weighted by Gasteiger charge is -2.19. The van der Waals surface area contributed by atoms with Crippen molar-refractivity contribution < 1.29 is 17.3 Å². The van der Waals surface area contributed by atoms with Crippen LogP contribution in [0.4, 0.5) is 17.3 Å². The highest BCUT2D eigenvalue weighted by Gasteiger charge is 2.20. The molecule has 0 aliphatic carbocycles. The van der Waals surface area contributed by atoms with Crippen molar-refractivity contribution in [1.82, 2.24) is 9.80 Å². The molecule has 1 aliphatic heterocycles. The van der Waals surface area contributed by atoms with Crippen LogP contribution in [0.15, 0.2) is 25.1 Å². The van der Waals surface area contributed by atoms with E-state index in [0.717, 1.165) is 13.2 Å². The lowest BCUT2D eigenvalue weighted by Crippen LogP contribution is -2.26. The zero-order valence-corrected chi connectivity index (χ0v) is 11.4. The van der Waals surface area contributed by atoms with Crippen LogP contribution in [0.25, 0.3) is 0 Å². The van der Waals surface area contributed by atoms with Crippen LogP contribution in [-0.4, -0.2) is 36.8 Å². The molecule has 0 amide bonds. The summed E-state index contributed by atoms with van der Waals surface area (Å²) in [5.74, 6) is 0. The molecule has 0 spiro atoms. The Morgan fingerprint density at radius 2 is 1.68 bits per heavy atom. The third-order valence-corrected chi connectivity index (χ3v) is 2.51. The number of hydrogen-bond donors (Lipinski definition) is 0. The Kier molecular flexibility index (Phi) is 9.17. The average molecular weight is 281 g/mol. The van der Waals surface area contributed by atoms with Crippen molar-refractivity contribution >= 4 is 7.25 Å². The Hall–Kier alpha value is -1.14. The third kappa shape index (κ3) is 13.1. The fraction of sp³-hybridized carbons (Fsp3) is 0.667. The molecule has 1 aliphatic rings. The van der Waals surface area contributed by atoms with E-state index in [9.17, 15) is 17.3 Å². The predicted octanol–water partition coefficient (Wildman–Crippen LogP) is 4.10. The zero-order valence-electron chi connectivity index (χ0n) is 11.4. The van der Waals surface area contributed by atoms with E-state index in [2.05, 4.69) is 35.7 Å². The van der Waals surface area contributed by atoms with E-state index in [0.29, 0.717) is 0 Å². The Morgan fingerprint density at radius 1 is 1.11 bits per heavy atom. The van der Waals surface area contributed by atoms with Crippen LogP contribution in [0.2, 0.25) is 0 Å². The van der Waals surface area contributed by atoms with Crippen LogP contribution < -0.4 is 0 Å². The second-order valence-corrected chi connectivity index (χ2v) is 4.37. The van der Waals surface area contributed by atoms with Crippen molar-refractivity contribution in [1.29, 1.82) is 0 Å². The summed E-state index contributed by atoms with van der Waals surface area (Å²) in [6, 6.07) is 0. The molecule has 0 fully saturated rings. The molecule has 1 heterocycles. The molecule has 0 aromatic heterocycles. The van der Waals surface area contributed by atoms with Gasteiger partial charge >= 0.3 is 7.25 Å². The van der Waals surface area contributed by atoms with Crippen molar-refractivity contribution in [2.45, 2.75) is 32.6 Å². The van der Waals surface area contributed by atoms with Crippen LogP contribution in [-0.2, 0) is 0 Å². The number of nitrogens with zero attached hydrogens (tertiary/aromatic N) is 2.